The van der Waals surface area contributed by atoms with E-state index in [0.717, 1.165) is 57.1 Å². The van der Waals surface area contributed by atoms with Gasteiger partial charge in [0.2, 0.25) is 17.8 Å². The Morgan fingerprint density at radius 3 is 1.53 bits per heavy atom. The Hall–Kier alpha value is -8.40. The lowest BCUT2D eigenvalue weighted by atomic mass is 10.0. The second kappa shape index (κ2) is 40.4. The molecule has 506 valence electrons. The molecule has 4 rings (SSSR count). The Balaban J connectivity index is 1.27. The summed E-state index contributed by atoms with van der Waals surface area (Å²) < 4.78 is 0. The third kappa shape index (κ3) is 31.3. The number of aliphatic carboxylic acids is 9. The second-order valence-electron chi connectivity index (χ2n) is 22.8. The van der Waals surface area contributed by atoms with Crippen LogP contribution in [0.2, 0.25) is 0 Å². The van der Waals surface area contributed by atoms with E-state index in [1.807, 2.05) is 4.90 Å². The molecule has 33 nitrogen and oxygen atoms in total. The van der Waals surface area contributed by atoms with Crippen molar-refractivity contribution in [1.82, 2.24) is 55.4 Å². The van der Waals surface area contributed by atoms with Crippen molar-refractivity contribution < 1.29 is 98.7 Å². The number of carboxylic acids is 9. The number of carbonyl (C=O) groups is 11. The summed E-state index contributed by atoms with van der Waals surface area (Å²) in [6, 6.07) is 2.48. The van der Waals surface area contributed by atoms with Crippen molar-refractivity contribution in [2.45, 2.75) is 133 Å². The topological polar surface area (TPSA) is 476 Å². The highest BCUT2D eigenvalue weighted by molar-refractivity contribution is 5.86. The first kappa shape index (κ1) is 75.1. The van der Waals surface area contributed by atoms with Gasteiger partial charge in [-0.25, -0.2) is 14.4 Å². The maximum atomic E-state index is 12.4. The molecule has 2 aliphatic rings. The van der Waals surface area contributed by atoms with E-state index in [4.69, 9.17) is 10.1 Å². The van der Waals surface area contributed by atoms with Gasteiger partial charge in [0.25, 0.3) is 0 Å². The molecular formula is C58H89N13O20. The van der Waals surface area contributed by atoms with Crippen molar-refractivity contribution in [2.24, 2.45) is 0 Å². The van der Waals surface area contributed by atoms with Gasteiger partial charge in [-0.3, -0.25) is 62.9 Å². The first-order valence-corrected chi connectivity index (χ1v) is 30.6. The zero-order valence-electron chi connectivity index (χ0n) is 51.2. The lowest BCUT2D eigenvalue weighted by Crippen LogP contribution is -2.53. The van der Waals surface area contributed by atoms with E-state index < -0.39 is 116 Å². The molecule has 2 aliphatic heterocycles. The maximum Gasteiger partial charge on any atom is 0.326 e. The molecule has 1 unspecified atom stereocenters. The molecule has 33 heteroatoms. The van der Waals surface area contributed by atoms with E-state index in [1.54, 1.807) is 43.9 Å². The van der Waals surface area contributed by atoms with E-state index in [9.17, 15) is 93.6 Å². The molecule has 0 spiro atoms. The fourth-order valence-electron chi connectivity index (χ4n) is 10.7. The highest BCUT2D eigenvalue weighted by Gasteiger charge is 2.30. The predicted molar refractivity (Wildman–Crippen MR) is 324 cm³/mol. The predicted octanol–water partition coefficient (Wildman–Crippen LogP) is 1.11. The second-order valence-corrected chi connectivity index (χ2v) is 22.8. The van der Waals surface area contributed by atoms with E-state index >= 15 is 0 Å². The summed E-state index contributed by atoms with van der Waals surface area (Å²) in [6.07, 6.45) is 7.10. The van der Waals surface area contributed by atoms with Crippen LogP contribution in [-0.4, -0.2) is 280 Å². The number of aromatic nitrogens is 3. The number of anilines is 3. The van der Waals surface area contributed by atoms with E-state index in [0.29, 0.717) is 64.1 Å². The van der Waals surface area contributed by atoms with Gasteiger partial charge in [0, 0.05) is 109 Å². The Bertz CT molecular complexity index is 2700. The zero-order valence-corrected chi connectivity index (χ0v) is 51.2. The number of hydrogen-bond donors (Lipinski definition) is 13. The Kier molecular flexibility index (Phi) is 33.3. The quantitative estimate of drug-likeness (QED) is 0.0415. The average Bonchev–Trinajstić information content (AvgIpc) is 1.14. The lowest BCUT2D eigenvalue weighted by Gasteiger charge is -2.37. The smallest absolute Gasteiger partial charge is 0.326 e. The minimum atomic E-state index is -1.51. The van der Waals surface area contributed by atoms with Gasteiger partial charge in [0.15, 0.2) is 0 Å². The SMILES string of the molecule is O=C(O)CC[C@H](NC(=O)N[C@@H](CCCCNC(=O)CCCCCCCCCCN1CCN(c2nc(Nc3ccc(CC4CN(CC(=O)O)CCN(CC(=O)O)CCN(CC(=O)O)CCN4CC(=O)O)cc3)nc(C(CC(=O)O)CC(=O)O)n2)CC1)C(=O)O)C(=O)O. The maximum absolute atomic E-state index is 12.4. The number of hydrogen-bond acceptors (Lipinski definition) is 21. The molecule has 13 N–H and O–H groups in total. The molecule has 2 fully saturated rings. The third-order valence-electron chi connectivity index (χ3n) is 15.5. The summed E-state index contributed by atoms with van der Waals surface area (Å²) in [6.45, 7) is 2.90. The number of urea groups is 1. The van der Waals surface area contributed by atoms with Crippen molar-refractivity contribution >= 4 is 83.2 Å². The Morgan fingerprint density at radius 1 is 0.484 bits per heavy atom. The minimum Gasteiger partial charge on any atom is -0.481 e. The van der Waals surface area contributed by atoms with Crippen LogP contribution in [-0.2, 0) is 54.4 Å². The number of carbonyl (C=O) groups excluding carboxylic acids is 2. The molecule has 0 aliphatic carbocycles. The number of carboxylic acid groups (broad SMARTS) is 9. The summed E-state index contributed by atoms with van der Waals surface area (Å²) in [4.78, 5) is 155. The van der Waals surface area contributed by atoms with Gasteiger partial charge in [-0.1, -0.05) is 50.7 Å². The van der Waals surface area contributed by atoms with Crippen LogP contribution in [0, 0.1) is 0 Å². The van der Waals surface area contributed by atoms with Crippen LogP contribution < -0.4 is 26.2 Å². The molecule has 3 heterocycles. The zero-order chi connectivity index (χ0) is 66.8. The van der Waals surface area contributed by atoms with Crippen molar-refractivity contribution in [3.8, 4) is 0 Å². The van der Waals surface area contributed by atoms with Crippen LogP contribution in [0.5, 0.6) is 0 Å². The molecule has 91 heavy (non-hydrogen) atoms. The first-order valence-electron chi connectivity index (χ1n) is 30.6. The van der Waals surface area contributed by atoms with E-state index in [1.165, 1.54) is 0 Å². The summed E-state index contributed by atoms with van der Waals surface area (Å²) in [5.41, 5.74) is 1.20. The van der Waals surface area contributed by atoms with Gasteiger partial charge >= 0.3 is 59.8 Å². The number of piperazine rings is 1. The van der Waals surface area contributed by atoms with Crippen LogP contribution in [0.3, 0.4) is 0 Å². The minimum absolute atomic E-state index is 0.0195. The van der Waals surface area contributed by atoms with E-state index in [2.05, 4.69) is 36.1 Å². The molecule has 0 saturated carbocycles. The van der Waals surface area contributed by atoms with Crippen molar-refractivity contribution in [3.05, 3.63) is 35.7 Å². The molecular weight excluding hydrogens is 1200 g/mol. The van der Waals surface area contributed by atoms with Crippen LogP contribution in [0.15, 0.2) is 24.3 Å². The van der Waals surface area contributed by atoms with Gasteiger partial charge in [0.1, 0.15) is 17.9 Å². The number of unbranched alkanes of at least 4 members (excludes halogenated alkanes) is 8. The van der Waals surface area contributed by atoms with Crippen molar-refractivity contribution in [1.29, 1.82) is 0 Å². The molecule has 0 radical (unpaired) electrons. The molecule has 0 bridgehead atoms. The van der Waals surface area contributed by atoms with Gasteiger partial charge < -0.3 is 72.1 Å². The van der Waals surface area contributed by atoms with Crippen molar-refractivity contribution in [2.75, 3.05) is 121 Å². The molecule has 1 aromatic heterocycles. The number of nitrogens with zero attached hydrogens (tertiary/aromatic N) is 9. The summed E-state index contributed by atoms with van der Waals surface area (Å²) in [7, 11) is 0. The molecule has 3 atom stereocenters. The fraction of sp³-hybridized carbons (Fsp3) is 0.655. The number of rotatable bonds is 41. The van der Waals surface area contributed by atoms with Gasteiger partial charge in [-0.2, -0.15) is 15.0 Å². The molecule has 1 aromatic carbocycles. The highest BCUT2D eigenvalue weighted by Crippen LogP contribution is 2.26. The number of benzene rings is 1. The summed E-state index contributed by atoms with van der Waals surface area (Å²) in [5.74, 6) is -12.0. The number of nitrogens with one attached hydrogen (secondary N) is 4. The van der Waals surface area contributed by atoms with Crippen LogP contribution in [0.25, 0.3) is 0 Å². The van der Waals surface area contributed by atoms with E-state index in [-0.39, 0.29) is 102 Å². The summed E-state index contributed by atoms with van der Waals surface area (Å²) in [5, 5.41) is 96.4. The molecule has 3 amide bonds. The lowest BCUT2D eigenvalue weighted by molar-refractivity contribution is -0.142. The van der Waals surface area contributed by atoms with Gasteiger partial charge in [0.05, 0.1) is 39.0 Å². The summed E-state index contributed by atoms with van der Waals surface area (Å²) >= 11 is 0. The van der Waals surface area contributed by atoms with Crippen LogP contribution in [0.4, 0.5) is 22.4 Å². The average molecular weight is 1290 g/mol. The fourth-order valence-corrected chi connectivity index (χ4v) is 10.7. The highest BCUT2D eigenvalue weighted by atomic mass is 16.4. The van der Waals surface area contributed by atoms with Gasteiger partial charge in [-0.05, 0) is 69.2 Å². The normalized spacial score (nSPS) is 16.5. The standard InChI is InChI=1S/C58H89N13O20/c72-45(59-19-9-8-11-43(54(87)88)61-58(91)62-44(55(89)90)17-18-46(73)74)12-7-5-3-1-2-4-6-10-20-66-25-28-70(29-26-66)57-64-53(40(32-47(75)76)33-48(77)78)63-56(65-57)60-41-15-13-39(14-16-41)31-42-34-69(37-51(83)84)24-23-67(35-49(79)80)21-22-68(36-50(81)82)27-30-71(42)38-52(85)86/h13-16,40,42-44H,1-12,17-38H2,(H,59,72)(H,73,74)(H,75,76)(H,77,78)(H,79,80)(H,81,82)(H,83,84)(H,85,86)(H,87,88)(H,89,90)(H2,61,62,91)(H,60,63,64,65)/t42?,43-,44-/m0/s1. The largest absolute Gasteiger partial charge is 0.481 e. The van der Waals surface area contributed by atoms with Crippen LogP contribution >= 0.6 is 0 Å². The van der Waals surface area contributed by atoms with Crippen LogP contribution in [0.1, 0.15) is 120 Å². The number of amides is 3. The Morgan fingerprint density at radius 2 is 0.989 bits per heavy atom. The third-order valence-corrected chi connectivity index (χ3v) is 15.5. The monoisotopic (exact) mass is 1290 g/mol. The molecule has 2 aromatic rings. The van der Waals surface area contributed by atoms with Crippen molar-refractivity contribution in [3.63, 3.8) is 0 Å². The molecule has 2 saturated heterocycles. The Labute approximate surface area is 526 Å². The first-order chi connectivity index (χ1) is 43.3. The van der Waals surface area contributed by atoms with Gasteiger partial charge in [-0.15, -0.1) is 0 Å².